The van der Waals surface area contributed by atoms with Crippen LogP contribution < -0.4 is 5.32 Å². The van der Waals surface area contributed by atoms with Crippen LogP contribution in [-0.2, 0) is 0 Å². The third-order valence-electron chi connectivity index (χ3n) is 1.97. The van der Waals surface area contributed by atoms with Gasteiger partial charge in [-0.25, -0.2) is 0 Å². The summed E-state index contributed by atoms with van der Waals surface area (Å²) in [5.41, 5.74) is 1.27. The van der Waals surface area contributed by atoms with Crippen LogP contribution in [0.15, 0.2) is 24.9 Å². The molecule has 1 N–H and O–H groups in total. The molecule has 70 valence electrons. The lowest BCUT2D eigenvalue weighted by Crippen LogP contribution is -2.27. The molecule has 0 aromatic carbocycles. The van der Waals surface area contributed by atoms with Gasteiger partial charge in [-0.15, -0.1) is 0 Å². The summed E-state index contributed by atoms with van der Waals surface area (Å²) in [6.45, 7) is 14.3. The summed E-state index contributed by atoms with van der Waals surface area (Å²) in [6, 6.07) is 0.410. The third-order valence-corrected chi connectivity index (χ3v) is 1.97. The van der Waals surface area contributed by atoms with Crippen LogP contribution in [-0.4, -0.2) is 6.04 Å². The van der Waals surface area contributed by atoms with Crippen molar-refractivity contribution in [1.29, 1.82) is 0 Å². The van der Waals surface area contributed by atoms with E-state index in [0.717, 1.165) is 12.8 Å². The summed E-state index contributed by atoms with van der Waals surface area (Å²) in [7, 11) is 0. The lowest BCUT2D eigenvalue weighted by Gasteiger charge is -2.20. The second kappa shape index (κ2) is 5.87. The predicted molar refractivity (Wildman–Crippen MR) is 56.0 cm³/mol. The SMILES string of the molecule is C=CNC(CC(C)C)C(=C)CC. The minimum Gasteiger partial charge on any atom is -0.385 e. The van der Waals surface area contributed by atoms with E-state index in [9.17, 15) is 0 Å². The van der Waals surface area contributed by atoms with E-state index in [2.05, 4.69) is 39.2 Å². The van der Waals surface area contributed by atoms with Crippen molar-refractivity contribution in [3.05, 3.63) is 24.9 Å². The van der Waals surface area contributed by atoms with Crippen LogP contribution in [0.2, 0.25) is 0 Å². The topological polar surface area (TPSA) is 12.0 Å². The van der Waals surface area contributed by atoms with Crippen molar-refractivity contribution in [2.75, 3.05) is 0 Å². The van der Waals surface area contributed by atoms with Crippen LogP contribution in [0, 0.1) is 5.92 Å². The molecule has 0 radical (unpaired) electrons. The highest BCUT2D eigenvalue weighted by Crippen LogP contribution is 2.13. The van der Waals surface area contributed by atoms with Gasteiger partial charge in [0.2, 0.25) is 0 Å². The summed E-state index contributed by atoms with van der Waals surface area (Å²) >= 11 is 0. The van der Waals surface area contributed by atoms with E-state index in [-0.39, 0.29) is 0 Å². The number of hydrogen-bond donors (Lipinski definition) is 1. The molecule has 1 nitrogen and oxygen atoms in total. The quantitative estimate of drug-likeness (QED) is 0.599. The Morgan fingerprint density at radius 3 is 2.42 bits per heavy atom. The van der Waals surface area contributed by atoms with Crippen molar-refractivity contribution in [3.63, 3.8) is 0 Å². The normalized spacial score (nSPS) is 12.7. The van der Waals surface area contributed by atoms with Crippen LogP contribution in [0.5, 0.6) is 0 Å². The Bertz CT molecular complexity index is 147. The van der Waals surface area contributed by atoms with Gasteiger partial charge in [-0.3, -0.25) is 0 Å². The Kier molecular flexibility index (Phi) is 5.52. The molecule has 0 aliphatic carbocycles. The summed E-state index contributed by atoms with van der Waals surface area (Å²) in [5, 5.41) is 3.23. The second-order valence-corrected chi connectivity index (χ2v) is 3.56. The third kappa shape index (κ3) is 4.22. The largest absolute Gasteiger partial charge is 0.385 e. The van der Waals surface area contributed by atoms with Gasteiger partial charge >= 0.3 is 0 Å². The lowest BCUT2D eigenvalue weighted by atomic mass is 9.97. The van der Waals surface area contributed by atoms with Crippen LogP contribution in [0.4, 0.5) is 0 Å². The van der Waals surface area contributed by atoms with Crippen molar-refractivity contribution in [2.24, 2.45) is 5.92 Å². The van der Waals surface area contributed by atoms with Gasteiger partial charge in [0.05, 0.1) is 0 Å². The van der Waals surface area contributed by atoms with Gasteiger partial charge in [0, 0.05) is 6.04 Å². The maximum atomic E-state index is 4.03. The van der Waals surface area contributed by atoms with E-state index in [0.29, 0.717) is 12.0 Å². The first-order valence-corrected chi connectivity index (χ1v) is 4.66. The molecule has 0 rings (SSSR count). The Labute approximate surface area is 76.6 Å². The van der Waals surface area contributed by atoms with Crippen LogP contribution >= 0.6 is 0 Å². The van der Waals surface area contributed by atoms with Crippen molar-refractivity contribution < 1.29 is 0 Å². The number of rotatable bonds is 6. The van der Waals surface area contributed by atoms with Crippen LogP contribution in [0.25, 0.3) is 0 Å². The minimum absolute atomic E-state index is 0.410. The molecule has 0 aromatic heterocycles. The first-order valence-electron chi connectivity index (χ1n) is 4.66. The van der Waals surface area contributed by atoms with Gasteiger partial charge in [0.25, 0.3) is 0 Å². The molecule has 0 spiro atoms. The highest BCUT2D eigenvalue weighted by molar-refractivity contribution is 5.06. The van der Waals surface area contributed by atoms with Crippen molar-refractivity contribution in [2.45, 2.75) is 39.7 Å². The molecular formula is C11H21N. The van der Waals surface area contributed by atoms with E-state index in [1.165, 1.54) is 5.57 Å². The Morgan fingerprint density at radius 1 is 1.50 bits per heavy atom. The molecule has 1 unspecified atom stereocenters. The van der Waals surface area contributed by atoms with E-state index < -0.39 is 0 Å². The maximum Gasteiger partial charge on any atom is 0.0467 e. The van der Waals surface area contributed by atoms with E-state index in [4.69, 9.17) is 0 Å². The Hall–Kier alpha value is -0.720. The van der Waals surface area contributed by atoms with E-state index in [1.54, 1.807) is 6.20 Å². The van der Waals surface area contributed by atoms with E-state index in [1.807, 2.05) is 0 Å². The summed E-state index contributed by atoms with van der Waals surface area (Å²) < 4.78 is 0. The molecule has 1 heteroatoms. The molecule has 0 heterocycles. The molecule has 0 saturated heterocycles. The zero-order valence-electron chi connectivity index (χ0n) is 8.56. The smallest absolute Gasteiger partial charge is 0.0467 e. The fourth-order valence-corrected chi connectivity index (χ4v) is 1.21. The predicted octanol–water partition coefficient (Wildman–Crippen LogP) is 3.10. The molecule has 0 bridgehead atoms. The van der Waals surface area contributed by atoms with Gasteiger partial charge in [0.15, 0.2) is 0 Å². The van der Waals surface area contributed by atoms with Gasteiger partial charge in [-0.2, -0.15) is 0 Å². The van der Waals surface area contributed by atoms with Crippen LogP contribution in [0.3, 0.4) is 0 Å². The Balaban J connectivity index is 4.02. The van der Waals surface area contributed by atoms with Crippen molar-refractivity contribution in [3.8, 4) is 0 Å². The monoisotopic (exact) mass is 167 g/mol. The van der Waals surface area contributed by atoms with Crippen molar-refractivity contribution >= 4 is 0 Å². The number of nitrogens with one attached hydrogen (secondary N) is 1. The first kappa shape index (κ1) is 11.3. The fraction of sp³-hybridized carbons (Fsp3) is 0.636. The fourth-order valence-electron chi connectivity index (χ4n) is 1.21. The first-order chi connectivity index (χ1) is 5.61. The highest BCUT2D eigenvalue weighted by Gasteiger charge is 2.10. The standard InChI is InChI=1S/C11H21N/c1-6-10(5)11(12-7-2)8-9(3)4/h7,9,11-12H,2,5-6,8H2,1,3-4H3. The summed E-state index contributed by atoms with van der Waals surface area (Å²) in [4.78, 5) is 0. The molecule has 12 heavy (non-hydrogen) atoms. The zero-order chi connectivity index (χ0) is 9.56. The van der Waals surface area contributed by atoms with Crippen LogP contribution in [0.1, 0.15) is 33.6 Å². The molecule has 0 aliphatic heterocycles. The molecule has 0 saturated carbocycles. The average molecular weight is 167 g/mol. The second-order valence-electron chi connectivity index (χ2n) is 3.56. The lowest BCUT2D eigenvalue weighted by molar-refractivity contribution is 0.490. The van der Waals surface area contributed by atoms with Gasteiger partial charge in [-0.05, 0) is 25.0 Å². The maximum absolute atomic E-state index is 4.03. The van der Waals surface area contributed by atoms with Gasteiger partial charge < -0.3 is 5.32 Å². The van der Waals surface area contributed by atoms with E-state index >= 15 is 0 Å². The molecule has 0 amide bonds. The highest BCUT2D eigenvalue weighted by atomic mass is 14.9. The molecule has 0 aliphatic rings. The minimum atomic E-state index is 0.410. The summed E-state index contributed by atoms with van der Waals surface area (Å²) in [5.74, 6) is 0.700. The molecular weight excluding hydrogens is 146 g/mol. The zero-order valence-corrected chi connectivity index (χ0v) is 8.56. The molecule has 0 aromatic rings. The summed E-state index contributed by atoms with van der Waals surface area (Å²) in [6.07, 6.45) is 3.94. The average Bonchev–Trinajstić information content (AvgIpc) is 2.01. The molecule has 1 atom stereocenters. The van der Waals surface area contributed by atoms with Gasteiger partial charge in [0.1, 0.15) is 0 Å². The molecule has 0 fully saturated rings. The number of hydrogen-bond acceptors (Lipinski definition) is 1. The Morgan fingerprint density at radius 2 is 2.08 bits per heavy atom. The van der Waals surface area contributed by atoms with Gasteiger partial charge in [-0.1, -0.05) is 39.5 Å². The van der Waals surface area contributed by atoms with Crippen molar-refractivity contribution in [1.82, 2.24) is 5.32 Å².